The molecule has 2 rings (SSSR count). The van der Waals surface area contributed by atoms with Crippen molar-refractivity contribution in [2.75, 3.05) is 13.7 Å². The molecule has 0 aliphatic heterocycles. The van der Waals surface area contributed by atoms with E-state index in [1.807, 2.05) is 12.1 Å². The number of aliphatic carboxylic acids is 1. The number of benzene rings is 2. The summed E-state index contributed by atoms with van der Waals surface area (Å²) < 4.78 is 5.37. The second-order valence-electron chi connectivity index (χ2n) is 6.49. The first-order chi connectivity index (χ1) is 12.4. The maximum absolute atomic E-state index is 11.7. The molecule has 4 N–H and O–H groups in total. The van der Waals surface area contributed by atoms with E-state index < -0.39 is 11.6 Å². The van der Waals surface area contributed by atoms with Crippen molar-refractivity contribution < 1.29 is 19.7 Å². The van der Waals surface area contributed by atoms with Crippen LogP contribution in [0.2, 0.25) is 0 Å². The summed E-state index contributed by atoms with van der Waals surface area (Å²) in [6, 6.07) is 17.9. The Hall–Kier alpha value is -2.21. The van der Waals surface area contributed by atoms with Crippen LogP contribution >= 0.6 is 0 Å². The Labute approximate surface area is 155 Å². The first-order valence-corrected chi connectivity index (χ1v) is 8.64. The van der Waals surface area contributed by atoms with Crippen LogP contribution < -0.4 is 5.73 Å². The number of carbonyl (C=O) groups is 1. The summed E-state index contributed by atoms with van der Waals surface area (Å²) in [7, 11) is 1.41. The van der Waals surface area contributed by atoms with E-state index in [-0.39, 0.29) is 12.6 Å². The number of aliphatic hydroxyl groups excluding tert-OH is 1. The van der Waals surface area contributed by atoms with E-state index in [0.717, 1.165) is 6.42 Å². The van der Waals surface area contributed by atoms with Gasteiger partial charge in [0, 0.05) is 13.2 Å². The minimum absolute atomic E-state index is 0.0185. The highest BCUT2D eigenvalue weighted by Gasteiger charge is 2.42. The van der Waals surface area contributed by atoms with Gasteiger partial charge in [-0.1, -0.05) is 74.5 Å². The summed E-state index contributed by atoms with van der Waals surface area (Å²) in [4.78, 5) is 11.7. The molecule has 5 nitrogen and oxygen atoms in total. The van der Waals surface area contributed by atoms with Crippen molar-refractivity contribution in [1.29, 1.82) is 0 Å². The van der Waals surface area contributed by atoms with E-state index in [1.54, 1.807) is 48.5 Å². The minimum atomic E-state index is -1.46. The van der Waals surface area contributed by atoms with Gasteiger partial charge in [-0.25, -0.2) is 4.79 Å². The molecule has 26 heavy (non-hydrogen) atoms. The predicted octanol–water partition coefficient (Wildman–Crippen LogP) is 3.01. The van der Waals surface area contributed by atoms with E-state index in [2.05, 4.69) is 13.8 Å². The van der Waals surface area contributed by atoms with Gasteiger partial charge >= 0.3 is 5.97 Å². The zero-order valence-electron chi connectivity index (χ0n) is 15.6. The van der Waals surface area contributed by atoms with Gasteiger partial charge in [0.15, 0.2) is 0 Å². The van der Waals surface area contributed by atoms with Gasteiger partial charge in [0.1, 0.15) is 0 Å². The number of aliphatic hydroxyl groups is 1. The molecule has 2 aromatic rings. The standard InChI is InChI=1S/C15H14O3.C6H15NO/c1-18-15(14(16)17,12-8-4-2-5-9-12)13-10-6-3-7-11-13;1-5(2)3-6(7)4-8/h2-11H,1H3,(H,16,17);5-6,8H,3-4,7H2,1-2H3. The van der Waals surface area contributed by atoms with Crippen LogP contribution in [-0.2, 0) is 15.1 Å². The molecule has 0 aliphatic rings. The Morgan fingerprint density at radius 1 is 1.04 bits per heavy atom. The van der Waals surface area contributed by atoms with E-state index in [1.165, 1.54) is 7.11 Å². The monoisotopic (exact) mass is 359 g/mol. The molecular formula is C21H29NO4. The average molecular weight is 359 g/mol. The second kappa shape index (κ2) is 10.7. The van der Waals surface area contributed by atoms with Gasteiger partial charge in [-0.05, 0) is 23.5 Å². The van der Waals surface area contributed by atoms with E-state index in [9.17, 15) is 9.90 Å². The Kier molecular flexibility index (Phi) is 8.99. The Morgan fingerprint density at radius 2 is 1.46 bits per heavy atom. The van der Waals surface area contributed by atoms with Gasteiger partial charge in [-0.3, -0.25) is 0 Å². The fraction of sp³-hybridized carbons (Fsp3) is 0.381. The van der Waals surface area contributed by atoms with Crippen molar-refractivity contribution in [2.24, 2.45) is 11.7 Å². The van der Waals surface area contributed by atoms with Crippen LogP contribution in [0.15, 0.2) is 60.7 Å². The maximum Gasteiger partial charge on any atom is 0.345 e. The number of methoxy groups -OCH3 is 1. The summed E-state index contributed by atoms with van der Waals surface area (Å²) >= 11 is 0. The quantitative estimate of drug-likeness (QED) is 0.707. The lowest BCUT2D eigenvalue weighted by molar-refractivity contribution is -0.158. The topological polar surface area (TPSA) is 92.8 Å². The van der Waals surface area contributed by atoms with Gasteiger partial charge in [-0.2, -0.15) is 0 Å². The van der Waals surface area contributed by atoms with Crippen LogP contribution in [0.5, 0.6) is 0 Å². The third-order valence-electron chi connectivity index (χ3n) is 3.98. The Balaban J connectivity index is 0.000000359. The van der Waals surface area contributed by atoms with Gasteiger partial charge in [0.2, 0.25) is 5.60 Å². The third-order valence-corrected chi connectivity index (χ3v) is 3.98. The van der Waals surface area contributed by atoms with E-state index in [4.69, 9.17) is 15.6 Å². The van der Waals surface area contributed by atoms with Crippen LogP contribution in [-0.4, -0.2) is 35.9 Å². The number of hydrogen-bond acceptors (Lipinski definition) is 4. The molecule has 142 valence electrons. The summed E-state index contributed by atoms with van der Waals surface area (Å²) in [6.07, 6.45) is 0.913. The molecule has 0 aliphatic carbocycles. The predicted molar refractivity (Wildman–Crippen MR) is 103 cm³/mol. The van der Waals surface area contributed by atoms with E-state index >= 15 is 0 Å². The molecule has 1 atom stereocenters. The normalized spacial score (nSPS) is 12.2. The van der Waals surface area contributed by atoms with Crippen molar-refractivity contribution in [1.82, 2.24) is 0 Å². The molecule has 0 radical (unpaired) electrons. The lowest BCUT2D eigenvalue weighted by atomic mass is 9.86. The number of nitrogens with two attached hydrogens (primary N) is 1. The first kappa shape index (κ1) is 21.8. The summed E-state index contributed by atoms with van der Waals surface area (Å²) in [5.41, 5.74) is 5.17. The van der Waals surface area contributed by atoms with Crippen LogP contribution in [0.3, 0.4) is 0 Å². The van der Waals surface area contributed by atoms with Crippen molar-refractivity contribution in [2.45, 2.75) is 31.9 Å². The van der Waals surface area contributed by atoms with Crippen molar-refractivity contribution in [3.8, 4) is 0 Å². The maximum atomic E-state index is 11.7. The molecule has 0 saturated heterocycles. The summed E-state index contributed by atoms with van der Waals surface area (Å²) in [5.74, 6) is -0.431. The van der Waals surface area contributed by atoms with Crippen LogP contribution in [0, 0.1) is 5.92 Å². The molecular weight excluding hydrogens is 330 g/mol. The van der Waals surface area contributed by atoms with Gasteiger partial charge in [0.05, 0.1) is 6.61 Å². The van der Waals surface area contributed by atoms with Crippen molar-refractivity contribution in [3.05, 3.63) is 71.8 Å². The Morgan fingerprint density at radius 3 is 1.69 bits per heavy atom. The Bertz CT molecular complexity index is 604. The van der Waals surface area contributed by atoms with Crippen LogP contribution in [0.25, 0.3) is 0 Å². The van der Waals surface area contributed by atoms with Crippen molar-refractivity contribution in [3.63, 3.8) is 0 Å². The molecule has 1 unspecified atom stereocenters. The molecule has 0 spiro atoms. The molecule has 0 fully saturated rings. The zero-order valence-corrected chi connectivity index (χ0v) is 15.6. The molecule has 0 bridgehead atoms. The third kappa shape index (κ3) is 5.66. The number of carboxylic acid groups (broad SMARTS) is 1. The summed E-state index contributed by atoms with van der Waals surface area (Å²) in [6.45, 7) is 4.29. The van der Waals surface area contributed by atoms with Gasteiger partial charge < -0.3 is 20.7 Å². The molecule has 0 amide bonds. The molecule has 0 saturated carbocycles. The molecule has 5 heteroatoms. The van der Waals surface area contributed by atoms with Crippen LogP contribution in [0.4, 0.5) is 0 Å². The number of hydrogen-bond donors (Lipinski definition) is 3. The lowest BCUT2D eigenvalue weighted by Crippen LogP contribution is -2.38. The lowest BCUT2D eigenvalue weighted by Gasteiger charge is -2.28. The molecule has 0 aromatic heterocycles. The minimum Gasteiger partial charge on any atom is -0.479 e. The average Bonchev–Trinajstić information content (AvgIpc) is 2.64. The number of rotatable bonds is 7. The second-order valence-corrected chi connectivity index (χ2v) is 6.49. The number of carboxylic acids is 1. The fourth-order valence-electron chi connectivity index (χ4n) is 2.76. The SMILES string of the molecule is CC(C)CC(N)CO.COC(C(=O)O)(c1ccccc1)c1ccccc1. The highest BCUT2D eigenvalue weighted by atomic mass is 16.5. The van der Waals surface area contributed by atoms with Gasteiger partial charge in [-0.15, -0.1) is 0 Å². The highest BCUT2D eigenvalue weighted by Crippen LogP contribution is 2.33. The van der Waals surface area contributed by atoms with E-state index in [0.29, 0.717) is 17.0 Å². The fourth-order valence-corrected chi connectivity index (χ4v) is 2.76. The number of ether oxygens (including phenoxy) is 1. The molecule has 2 aromatic carbocycles. The van der Waals surface area contributed by atoms with Crippen LogP contribution in [0.1, 0.15) is 31.4 Å². The smallest absolute Gasteiger partial charge is 0.345 e. The van der Waals surface area contributed by atoms with Gasteiger partial charge in [0.25, 0.3) is 0 Å². The first-order valence-electron chi connectivity index (χ1n) is 8.64. The molecule has 0 heterocycles. The highest BCUT2D eigenvalue weighted by molar-refractivity contribution is 5.84. The zero-order chi connectivity index (χ0) is 19.6. The summed E-state index contributed by atoms with van der Waals surface area (Å²) in [5, 5.41) is 18.1. The van der Waals surface area contributed by atoms with Crippen molar-refractivity contribution >= 4 is 5.97 Å². The largest absolute Gasteiger partial charge is 0.479 e.